The van der Waals surface area contributed by atoms with Crippen LogP contribution in [0.2, 0.25) is 0 Å². The van der Waals surface area contributed by atoms with Crippen molar-refractivity contribution in [3.8, 4) is 46.0 Å². The third kappa shape index (κ3) is 6.04. The van der Waals surface area contributed by atoms with Gasteiger partial charge in [0.25, 0.3) is 0 Å². The second-order valence-corrected chi connectivity index (χ2v) is 21.7. The molecule has 0 spiro atoms. The fourth-order valence-corrected chi connectivity index (χ4v) is 13.5. The molecule has 0 radical (unpaired) electrons. The van der Waals surface area contributed by atoms with Crippen LogP contribution < -0.4 is 0 Å². The number of aromatic nitrogens is 4. The molecule has 79 heavy (non-hydrogen) atoms. The van der Waals surface area contributed by atoms with Crippen molar-refractivity contribution in [2.24, 2.45) is 0 Å². The third-order valence-electron chi connectivity index (χ3n) is 16.6. The molecule has 0 fully saturated rings. The van der Waals surface area contributed by atoms with Crippen LogP contribution in [0, 0.1) is 22.7 Å². The molecule has 0 atom stereocenters. The molecule has 11 aromatic carbocycles. The fourth-order valence-electron chi connectivity index (χ4n) is 13.5. The van der Waals surface area contributed by atoms with Gasteiger partial charge in [0.2, 0.25) is 0 Å². The molecule has 0 aliphatic carbocycles. The first kappa shape index (κ1) is 44.7. The quantitative estimate of drug-likeness (QED) is 0.172. The van der Waals surface area contributed by atoms with E-state index in [2.05, 4.69) is 251 Å². The van der Waals surface area contributed by atoms with Gasteiger partial charge in [0.1, 0.15) is 34.4 Å². The summed E-state index contributed by atoms with van der Waals surface area (Å²) in [6.45, 7) is 6.83. The molecule has 0 aliphatic rings. The van der Waals surface area contributed by atoms with Gasteiger partial charge in [0.05, 0.1) is 72.3 Å². The van der Waals surface area contributed by atoms with Gasteiger partial charge in [-0.3, -0.25) is 0 Å². The van der Waals surface area contributed by atoms with Gasteiger partial charge in [-0.2, -0.15) is 10.5 Å². The number of hydrogen-bond acceptors (Lipinski definition) is 3. The molecule has 7 heteroatoms. The molecule has 0 bridgehead atoms. The van der Waals surface area contributed by atoms with Crippen molar-refractivity contribution < 1.29 is 4.42 Å². The zero-order valence-corrected chi connectivity index (χ0v) is 43.5. The minimum Gasteiger partial charge on any atom is -0.456 e. The number of benzene rings is 11. The normalized spacial score (nSPS) is 12.2. The fraction of sp³-hybridized carbons (Fsp3) is 0.0556. The molecule has 0 saturated heterocycles. The van der Waals surface area contributed by atoms with Crippen LogP contribution in [0.4, 0.5) is 0 Å². The monoisotopic (exact) mass is 1010 g/mol. The summed E-state index contributed by atoms with van der Waals surface area (Å²) in [6.07, 6.45) is 0. The van der Waals surface area contributed by atoms with E-state index in [4.69, 9.17) is 4.42 Å². The summed E-state index contributed by atoms with van der Waals surface area (Å²) in [5, 5.41) is 35.5. The predicted molar refractivity (Wildman–Crippen MR) is 325 cm³/mol. The smallest absolute Gasteiger partial charge is 0.137 e. The maximum Gasteiger partial charge on any atom is 0.137 e. The number of nitrogens with zero attached hydrogens (tertiary/aromatic N) is 6. The predicted octanol–water partition coefficient (Wildman–Crippen LogP) is 18.7. The van der Waals surface area contributed by atoms with Crippen LogP contribution >= 0.6 is 0 Å². The molecule has 370 valence electrons. The maximum atomic E-state index is 12.7. The van der Waals surface area contributed by atoms with Gasteiger partial charge in [0, 0.05) is 48.5 Å². The molecule has 0 N–H and O–H groups in total. The second kappa shape index (κ2) is 16.5. The number of hydrogen-bond donors (Lipinski definition) is 0. The first-order chi connectivity index (χ1) is 38.8. The van der Waals surface area contributed by atoms with Gasteiger partial charge in [-0.15, -0.1) is 0 Å². The average molecular weight is 1010 g/mol. The van der Waals surface area contributed by atoms with E-state index in [9.17, 15) is 10.5 Å². The zero-order valence-electron chi connectivity index (χ0n) is 43.5. The highest BCUT2D eigenvalue weighted by Crippen LogP contribution is 2.52. The van der Waals surface area contributed by atoms with Crippen LogP contribution in [0.15, 0.2) is 229 Å². The van der Waals surface area contributed by atoms with E-state index in [0.29, 0.717) is 33.9 Å². The average Bonchev–Trinajstić information content (AvgIpc) is 3.54. The van der Waals surface area contributed by atoms with E-state index in [-0.39, 0.29) is 5.41 Å². The third-order valence-corrected chi connectivity index (χ3v) is 16.6. The molecule has 0 amide bonds. The van der Waals surface area contributed by atoms with Crippen LogP contribution in [-0.2, 0) is 5.41 Å². The zero-order chi connectivity index (χ0) is 52.8. The van der Waals surface area contributed by atoms with Gasteiger partial charge in [-0.1, -0.05) is 185 Å². The first-order valence-corrected chi connectivity index (χ1v) is 26.8. The molecule has 0 aliphatic heterocycles. The van der Waals surface area contributed by atoms with Crippen molar-refractivity contribution in [1.29, 1.82) is 10.5 Å². The Hall–Kier alpha value is -10.6. The molecule has 16 rings (SSSR count). The second-order valence-electron chi connectivity index (χ2n) is 21.7. The molecular formula is C72H46N6O. The largest absolute Gasteiger partial charge is 0.456 e. The lowest BCUT2D eigenvalue weighted by atomic mass is 9.81. The summed E-state index contributed by atoms with van der Waals surface area (Å²) in [5.74, 6) is 0. The maximum absolute atomic E-state index is 12.7. The SMILES string of the molecule is CC(C)(C)c1ccccc1-c1cccc2c1c1ccc3oc4ccccc4c3c1n2-c1c(-n2c3ccccc3c3ccccc32)c(C#N)c(-n2c3ccccc3c3ccccc32)c(C#N)c1-n1c2ccccc2c2ccccc21. The van der Waals surface area contributed by atoms with Crippen molar-refractivity contribution in [2.75, 3.05) is 0 Å². The first-order valence-electron chi connectivity index (χ1n) is 26.8. The summed E-state index contributed by atoms with van der Waals surface area (Å²) < 4.78 is 16.0. The van der Waals surface area contributed by atoms with Crippen LogP contribution in [-0.4, -0.2) is 18.3 Å². The molecule has 5 aromatic heterocycles. The van der Waals surface area contributed by atoms with Crippen molar-refractivity contribution in [3.63, 3.8) is 0 Å². The van der Waals surface area contributed by atoms with Gasteiger partial charge in [-0.25, -0.2) is 0 Å². The molecular weight excluding hydrogens is 965 g/mol. The van der Waals surface area contributed by atoms with Gasteiger partial charge >= 0.3 is 0 Å². The van der Waals surface area contributed by atoms with Crippen LogP contribution in [0.5, 0.6) is 0 Å². The number of para-hydroxylation sites is 7. The van der Waals surface area contributed by atoms with E-state index < -0.39 is 0 Å². The molecule has 16 aromatic rings. The van der Waals surface area contributed by atoms with E-state index in [1.54, 1.807) is 0 Å². The van der Waals surface area contributed by atoms with Crippen molar-refractivity contribution in [2.45, 2.75) is 26.2 Å². The Morgan fingerprint density at radius 1 is 0.316 bits per heavy atom. The molecule has 0 unspecified atom stereocenters. The Bertz CT molecular complexity index is 5090. The van der Waals surface area contributed by atoms with Crippen molar-refractivity contribution >= 4 is 109 Å². The van der Waals surface area contributed by atoms with Crippen LogP contribution in [0.1, 0.15) is 37.5 Å². The lowest BCUT2D eigenvalue weighted by Crippen LogP contribution is -2.17. The number of furan rings is 1. The minimum absolute atomic E-state index is 0.190. The summed E-state index contributed by atoms with van der Waals surface area (Å²) >= 11 is 0. The lowest BCUT2D eigenvalue weighted by molar-refractivity contribution is 0.592. The van der Waals surface area contributed by atoms with E-state index in [1.807, 2.05) is 24.3 Å². The Kier molecular flexibility index (Phi) is 9.30. The highest BCUT2D eigenvalue weighted by Gasteiger charge is 2.36. The Balaban J connectivity index is 1.26. The Morgan fingerprint density at radius 2 is 0.709 bits per heavy atom. The number of fused-ring (bicyclic) bond motifs is 16. The highest BCUT2D eigenvalue weighted by atomic mass is 16.3. The van der Waals surface area contributed by atoms with Crippen LogP contribution in [0.25, 0.3) is 143 Å². The van der Waals surface area contributed by atoms with Crippen molar-refractivity contribution in [1.82, 2.24) is 18.3 Å². The Labute approximate surface area is 453 Å². The van der Waals surface area contributed by atoms with E-state index in [1.165, 1.54) is 5.56 Å². The van der Waals surface area contributed by atoms with Gasteiger partial charge in [-0.05, 0) is 82.8 Å². The van der Waals surface area contributed by atoms with Crippen molar-refractivity contribution in [3.05, 3.63) is 241 Å². The van der Waals surface area contributed by atoms with Crippen LogP contribution in [0.3, 0.4) is 0 Å². The summed E-state index contributed by atoms with van der Waals surface area (Å²) in [4.78, 5) is 0. The molecule has 7 nitrogen and oxygen atoms in total. The number of nitriles is 2. The van der Waals surface area contributed by atoms with E-state index in [0.717, 1.165) is 120 Å². The molecule has 0 saturated carbocycles. The summed E-state index contributed by atoms with van der Waals surface area (Å²) in [5.41, 5.74) is 15.2. The summed E-state index contributed by atoms with van der Waals surface area (Å²) in [6, 6.07) is 84.5. The minimum atomic E-state index is -0.190. The molecule has 5 heterocycles. The topological polar surface area (TPSA) is 80.4 Å². The highest BCUT2D eigenvalue weighted by molar-refractivity contribution is 6.28. The summed E-state index contributed by atoms with van der Waals surface area (Å²) in [7, 11) is 0. The van der Waals surface area contributed by atoms with Gasteiger partial charge < -0.3 is 22.7 Å². The van der Waals surface area contributed by atoms with Gasteiger partial charge in [0.15, 0.2) is 0 Å². The number of rotatable bonds is 5. The standard InChI is InChI=1S/C72H46N6O/c1-72(2,3)55-30-12-4-21-43(55)50-29-20-37-62-65(50)52-39-40-64-66(51-28-11-19-38-63(51)79-64)68(52)78(62)71-69(76-58-33-15-7-24-46(58)47-25-8-16-34-59(47)76)53(41-73)67(75-56-31-13-5-22-44(56)45-23-6-14-32-57(45)75)54(42-74)70(71)77-60-35-17-9-26-48(60)49-27-10-18-36-61(49)77/h4-40H,1-3H3. The van der Waals surface area contributed by atoms with E-state index >= 15 is 0 Å². The lowest BCUT2D eigenvalue weighted by Gasteiger charge is -2.27. The Morgan fingerprint density at radius 3 is 1.18 bits per heavy atom.